The van der Waals surface area contributed by atoms with E-state index in [1.54, 1.807) is 0 Å². The Kier molecular flexibility index (Phi) is 4.79. The maximum absolute atomic E-state index is 12.4. The first-order valence-electron chi connectivity index (χ1n) is 8.45. The van der Waals surface area contributed by atoms with Gasteiger partial charge in [0.05, 0.1) is 5.60 Å². The molecule has 1 saturated heterocycles. The summed E-state index contributed by atoms with van der Waals surface area (Å²) >= 11 is 0. The summed E-state index contributed by atoms with van der Waals surface area (Å²) in [5.74, 6) is 0.122. The lowest BCUT2D eigenvalue weighted by atomic mass is 9.84. The fourth-order valence-corrected chi connectivity index (χ4v) is 3.66. The van der Waals surface area contributed by atoms with Gasteiger partial charge in [0.15, 0.2) is 0 Å². The molecule has 0 bridgehead atoms. The third-order valence-corrected chi connectivity index (χ3v) is 4.98. The highest BCUT2D eigenvalue weighted by Crippen LogP contribution is 2.29. The Bertz CT molecular complexity index is 489. The molecule has 1 heterocycles. The molecular weight excluding hydrogens is 276 g/mol. The zero-order valence-electron chi connectivity index (χ0n) is 13.2. The van der Waals surface area contributed by atoms with E-state index >= 15 is 0 Å². The number of amides is 1. The van der Waals surface area contributed by atoms with E-state index in [1.165, 1.54) is 6.42 Å². The molecule has 1 saturated carbocycles. The van der Waals surface area contributed by atoms with E-state index in [0.29, 0.717) is 0 Å². The quantitative estimate of drug-likeness (QED) is 0.930. The summed E-state index contributed by atoms with van der Waals surface area (Å²) in [5, 5.41) is 10.7. The Morgan fingerprint density at radius 1 is 1.00 bits per heavy atom. The number of hydrogen-bond donors (Lipinski definition) is 1. The van der Waals surface area contributed by atoms with Gasteiger partial charge in [-0.25, -0.2) is 0 Å². The molecule has 1 aromatic rings. The van der Waals surface area contributed by atoms with Crippen LogP contribution in [-0.2, 0) is 0 Å². The summed E-state index contributed by atoms with van der Waals surface area (Å²) in [5.41, 5.74) is 0.269. The zero-order valence-corrected chi connectivity index (χ0v) is 13.2. The number of β-amino-alcohol motifs (C(OH)–C–C–N with tert-alkyl or cyclic N) is 1. The summed E-state index contributed by atoms with van der Waals surface area (Å²) < 4.78 is 0. The molecule has 0 radical (unpaired) electrons. The van der Waals surface area contributed by atoms with Gasteiger partial charge >= 0.3 is 0 Å². The zero-order chi connectivity index (χ0) is 15.4. The first-order valence-corrected chi connectivity index (χ1v) is 8.45. The van der Waals surface area contributed by atoms with Gasteiger partial charge in [-0.2, -0.15) is 0 Å². The van der Waals surface area contributed by atoms with E-state index in [0.717, 1.165) is 64.0 Å². The van der Waals surface area contributed by atoms with Crippen molar-refractivity contribution in [2.45, 2.75) is 37.7 Å². The highest BCUT2D eigenvalue weighted by molar-refractivity contribution is 5.94. The lowest BCUT2D eigenvalue weighted by Gasteiger charge is -2.41. The molecule has 0 spiro atoms. The smallest absolute Gasteiger partial charge is 0.253 e. The highest BCUT2D eigenvalue weighted by atomic mass is 16.3. The van der Waals surface area contributed by atoms with Crippen LogP contribution in [0.25, 0.3) is 0 Å². The number of benzene rings is 1. The second kappa shape index (κ2) is 6.80. The van der Waals surface area contributed by atoms with Crippen LogP contribution in [0, 0.1) is 0 Å². The Morgan fingerprint density at radius 2 is 1.64 bits per heavy atom. The molecule has 0 unspecified atom stereocenters. The number of rotatable bonds is 3. The van der Waals surface area contributed by atoms with Gasteiger partial charge in [-0.1, -0.05) is 37.5 Å². The first kappa shape index (κ1) is 15.5. The van der Waals surface area contributed by atoms with Crippen LogP contribution in [0.3, 0.4) is 0 Å². The van der Waals surface area contributed by atoms with Gasteiger partial charge in [0.2, 0.25) is 0 Å². The van der Waals surface area contributed by atoms with E-state index in [9.17, 15) is 9.90 Å². The normalized spacial score (nSPS) is 22.5. The van der Waals surface area contributed by atoms with Crippen LogP contribution in [0.15, 0.2) is 30.3 Å². The molecule has 2 aliphatic rings. The van der Waals surface area contributed by atoms with E-state index in [-0.39, 0.29) is 5.91 Å². The first-order chi connectivity index (χ1) is 10.7. The van der Waals surface area contributed by atoms with E-state index in [2.05, 4.69) is 4.90 Å². The Balaban J connectivity index is 1.51. The standard InChI is InChI=1S/C18H26N2O2/c21-17(16-7-3-1-4-8-16)20-13-11-19(12-14-20)15-18(22)9-5-2-6-10-18/h1,3-4,7-8,22H,2,5-6,9-15H2. The molecule has 1 aliphatic carbocycles. The minimum absolute atomic E-state index is 0.122. The minimum atomic E-state index is -0.496. The Morgan fingerprint density at radius 3 is 2.27 bits per heavy atom. The van der Waals surface area contributed by atoms with Gasteiger partial charge in [-0.15, -0.1) is 0 Å². The molecule has 1 aliphatic heterocycles. The molecular formula is C18H26N2O2. The molecule has 2 fully saturated rings. The number of nitrogens with zero attached hydrogens (tertiary/aromatic N) is 2. The van der Waals surface area contributed by atoms with Gasteiger partial charge in [0.1, 0.15) is 0 Å². The van der Waals surface area contributed by atoms with Crippen molar-refractivity contribution in [1.82, 2.24) is 9.80 Å². The van der Waals surface area contributed by atoms with Gasteiger partial charge in [0, 0.05) is 38.3 Å². The second-order valence-electron chi connectivity index (χ2n) is 6.72. The van der Waals surface area contributed by atoms with Crippen molar-refractivity contribution in [2.75, 3.05) is 32.7 Å². The van der Waals surface area contributed by atoms with Crippen LogP contribution in [-0.4, -0.2) is 59.1 Å². The van der Waals surface area contributed by atoms with Gasteiger partial charge < -0.3 is 10.0 Å². The van der Waals surface area contributed by atoms with Crippen molar-refractivity contribution in [1.29, 1.82) is 0 Å². The largest absolute Gasteiger partial charge is 0.389 e. The maximum atomic E-state index is 12.4. The van der Waals surface area contributed by atoms with Crippen molar-refractivity contribution in [2.24, 2.45) is 0 Å². The number of carbonyl (C=O) groups is 1. The van der Waals surface area contributed by atoms with Crippen LogP contribution in [0.5, 0.6) is 0 Å². The van der Waals surface area contributed by atoms with E-state index in [4.69, 9.17) is 0 Å². The molecule has 0 aromatic heterocycles. The van der Waals surface area contributed by atoms with Crippen LogP contribution < -0.4 is 0 Å². The summed E-state index contributed by atoms with van der Waals surface area (Å²) in [6.07, 6.45) is 5.39. The van der Waals surface area contributed by atoms with E-state index in [1.807, 2.05) is 35.2 Å². The fraction of sp³-hybridized carbons (Fsp3) is 0.611. The molecule has 1 amide bonds. The highest BCUT2D eigenvalue weighted by Gasteiger charge is 2.33. The molecule has 3 rings (SSSR count). The van der Waals surface area contributed by atoms with Crippen molar-refractivity contribution in [3.8, 4) is 0 Å². The van der Waals surface area contributed by atoms with Crippen molar-refractivity contribution in [3.63, 3.8) is 0 Å². The van der Waals surface area contributed by atoms with Crippen LogP contribution in [0.4, 0.5) is 0 Å². The Hall–Kier alpha value is -1.39. The minimum Gasteiger partial charge on any atom is -0.389 e. The van der Waals surface area contributed by atoms with Gasteiger partial charge in [0.25, 0.3) is 5.91 Å². The summed E-state index contributed by atoms with van der Waals surface area (Å²) in [6.45, 7) is 4.00. The van der Waals surface area contributed by atoms with Crippen molar-refractivity contribution >= 4 is 5.91 Å². The molecule has 1 N–H and O–H groups in total. The SMILES string of the molecule is O=C(c1ccccc1)N1CCN(CC2(O)CCCCC2)CC1. The molecule has 4 nitrogen and oxygen atoms in total. The van der Waals surface area contributed by atoms with Gasteiger partial charge in [-0.05, 0) is 25.0 Å². The van der Waals surface area contributed by atoms with Crippen molar-refractivity contribution in [3.05, 3.63) is 35.9 Å². The molecule has 4 heteroatoms. The third-order valence-electron chi connectivity index (χ3n) is 4.98. The summed E-state index contributed by atoms with van der Waals surface area (Å²) in [7, 11) is 0. The monoisotopic (exact) mass is 302 g/mol. The van der Waals surface area contributed by atoms with Crippen LogP contribution in [0.2, 0.25) is 0 Å². The predicted molar refractivity (Wildman–Crippen MR) is 86.8 cm³/mol. The molecule has 1 aromatic carbocycles. The molecule has 120 valence electrons. The Labute approximate surface area is 132 Å². The van der Waals surface area contributed by atoms with Crippen molar-refractivity contribution < 1.29 is 9.90 Å². The molecule has 22 heavy (non-hydrogen) atoms. The summed E-state index contributed by atoms with van der Waals surface area (Å²) in [6, 6.07) is 9.49. The van der Waals surface area contributed by atoms with Crippen LogP contribution in [0.1, 0.15) is 42.5 Å². The second-order valence-corrected chi connectivity index (χ2v) is 6.72. The third kappa shape index (κ3) is 3.68. The number of aliphatic hydroxyl groups is 1. The molecule has 0 atom stereocenters. The predicted octanol–water partition coefficient (Wildman–Crippen LogP) is 2.14. The fourth-order valence-electron chi connectivity index (χ4n) is 3.66. The number of hydrogen-bond acceptors (Lipinski definition) is 3. The van der Waals surface area contributed by atoms with Crippen LogP contribution >= 0.6 is 0 Å². The number of carbonyl (C=O) groups excluding carboxylic acids is 1. The van der Waals surface area contributed by atoms with E-state index < -0.39 is 5.60 Å². The summed E-state index contributed by atoms with van der Waals surface area (Å²) in [4.78, 5) is 16.7. The topological polar surface area (TPSA) is 43.8 Å². The lowest BCUT2D eigenvalue weighted by molar-refractivity contribution is -0.0339. The lowest BCUT2D eigenvalue weighted by Crippen LogP contribution is -2.53. The van der Waals surface area contributed by atoms with Gasteiger partial charge in [-0.3, -0.25) is 9.69 Å². The average molecular weight is 302 g/mol. The number of piperazine rings is 1. The average Bonchev–Trinajstić information content (AvgIpc) is 2.56. The maximum Gasteiger partial charge on any atom is 0.253 e.